The van der Waals surface area contributed by atoms with E-state index in [0.29, 0.717) is 38.3 Å². The van der Waals surface area contributed by atoms with Crippen LogP contribution in [0.1, 0.15) is 18.4 Å². The van der Waals surface area contributed by atoms with Crippen LogP contribution in [0.3, 0.4) is 0 Å². The molecule has 2 N–H and O–H groups in total. The second kappa shape index (κ2) is 6.37. The maximum atomic E-state index is 12.9. The van der Waals surface area contributed by atoms with Crippen LogP contribution in [0.2, 0.25) is 0 Å². The maximum Gasteiger partial charge on any atom is 0.314 e. The van der Waals surface area contributed by atoms with Crippen LogP contribution in [0.25, 0.3) is 0 Å². The van der Waals surface area contributed by atoms with E-state index in [-0.39, 0.29) is 17.0 Å². The molecule has 7 nitrogen and oxygen atoms in total. The number of ether oxygens (including phenoxy) is 1. The van der Waals surface area contributed by atoms with Gasteiger partial charge in [0.15, 0.2) is 0 Å². The van der Waals surface area contributed by atoms with E-state index in [2.05, 4.69) is 10.6 Å². The Kier molecular flexibility index (Phi) is 4.45. The number of hydrogen-bond donors (Lipinski definition) is 2. The molecule has 0 bridgehead atoms. The summed E-state index contributed by atoms with van der Waals surface area (Å²) >= 11 is 0. The predicted molar refractivity (Wildman–Crippen MR) is 85.0 cm³/mol. The zero-order valence-corrected chi connectivity index (χ0v) is 13.9. The molecule has 0 unspecified atom stereocenters. The lowest BCUT2D eigenvalue weighted by Gasteiger charge is -2.31. The van der Waals surface area contributed by atoms with Crippen LogP contribution in [0.5, 0.6) is 5.75 Å². The molecule has 0 saturated carbocycles. The molecule has 1 aromatic rings. The molecular formula is C15H21N3O4S. The molecule has 0 aromatic heterocycles. The van der Waals surface area contributed by atoms with Gasteiger partial charge in [0, 0.05) is 32.6 Å². The average Bonchev–Trinajstić information content (AvgIpc) is 3.03. The monoisotopic (exact) mass is 339 g/mol. The van der Waals surface area contributed by atoms with Gasteiger partial charge >= 0.3 is 6.03 Å². The Morgan fingerprint density at radius 1 is 1.30 bits per heavy atom. The Morgan fingerprint density at radius 3 is 2.74 bits per heavy atom. The number of amides is 2. The first-order valence-electron chi connectivity index (χ1n) is 7.75. The minimum absolute atomic E-state index is 0.000798. The van der Waals surface area contributed by atoms with Gasteiger partial charge in [0.05, 0.1) is 6.61 Å². The summed E-state index contributed by atoms with van der Waals surface area (Å²) in [5.74, 6) is 0.498. The van der Waals surface area contributed by atoms with Crippen molar-refractivity contribution >= 4 is 16.1 Å². The summed E-state index contributed by atoms with van der Waals surface area (Å²) in [4.78, 5) is 11.6. The third-order valence-electron chi connectivity index (χ3n) is 4.31. The fraction of sp³-hybridized carbons (Fsp3) is 0.533. The second-order valence-corrected chi connectivity index (χ2v) is 7.65. The van der Waals surface area contributed by atoms with Crippen LogP contribution >= 0.6 is 0 Å². The Bertz CT molecular complexity index is 697. The highest BCUT2D eigenvalue weighted by Crippen LogP contribution is 2.35. The zero-order chi connectivity index (χ0) is 16.4. The number of piperidine rings is 1. The Labute approximate surface area is 136 Å². The van der Waals surface area contributed by atoms with Crippen molar-refractivity contribution in [3.8, 4) is 5.75 Å². The molecule has 1 aromatic carbocycles. The van der Waals surface area contributed by atoms with Gasteiger partial charge < -0.3 is 15.4 Å². The summed E-state index contributed by atoms with van der Waals surface area (Å²) in [5.41, 5.74) is 0.947. The highest BCUT2D eigenvalue weighted by atomic mass is 32.2. The van der Waals surface area contributed by atoms with Gasteiger partial charge in [-0.3, -0.25) is 0 Å². The maximum absolute atomic E-state index is 12.9. The first-order valence-corrected chi connectivity index (χ1v) is 9.19. The van der Waals surface area contributed by atoms with Gasteiger partial charge in [0.1, 0.15) is 10.6 Å². The molecule has 0 radical (unpaired) electrons. The lowest BCUT2D eigenvalue weighted by atomic mass is 10.1. The molecule has 2 aliphatic rings. The molecule has 1 fully saturated rings. The van der Waals surface area contributed by atoms with Crippen molar-refractivity contribution in [1.82, 2.24) is 14.9 Å². The van der Waals surface area contributed by atoms with Crippen molar-refractivity contribution in [2.75, 3.05) is 26.7 Å². The summed E-state index contributed by atoms with van der Waals surface area (Å²) in [6, 6.07) is 5.04. The van der Waals surface area contributed by atoms with E-state index in [1.54, 1.807) is 19.2 Å². The molecule has 8 heteroatoms. The number of nitrogens with zero attached hydrogens (tertiary/aromatic N) is 1. The van der Waals surface area contributed by atoms with E-state index in [0.717, 1.165) is 12.0 Å². The van der Waals surface area contributed by atoms with E-state index in [1.165, 1.54) is 4.31 Å². The van der Waals surface area contributed by atoms with Crippen molar-refractivity contribution in [3.63, 3.8) is 0 Å². The molecule has 126 valence electrons. The first-order chi connectivity index (χ1) is 11.0. The van der Waals surface area contributed by atoms with Gasteiger partial charge in [-0.25, -0.2) is 13.2 Å². The van der Waals surface area contributed by atoms with Crippen LogP contribution in [0.4, 0.5) is 4.79 Å². The van der Waals surface area contributed by atoms with E-state index in [4.69, 9.17) is 4.74 Å². The van der Waals surface area contributed by atoms with Gasteiger partial charge in [-0.15, -0.1) is 0 Å². The zero-order valence-electron chi connectivity index (χ0n) is 13.0. The number of carbonyl (C=O) groups is 1. The minimum Gasteiger partial charge on any atom is -0.492 e. The number of para-hydroxylation sites is 1. The van der Waals surface area contributed by atoms with E-state index >= 15 is 0 Å². The molecular weight excluding hydrogens is 318 g/mol. The molecule has 1 saturated heterocycles. The van der Waals surface area contributed by atoms with E-state index in [1.807, 2.05) is 6.07 Å². The molecule has 2 heterocycles. The summed E-state index contributed by atoms with van der Waals surface area (Å²) < 4.78 is 32.8. The van der Waals surface area contributed by atoms with Gasteiger partial charge in [0.2, 0.25) is 10.0 Å². The third kappa shape index (κ3) is 3.13. The van der Waals surface area contributed by atoms with E-state index < -0.39 is 10.0 Å². The molecule has 2 amide bonds. The summed E-state index contributed by atoms with van der Waals surface area (Å²) in [6.07, 6.45) is 1.95. The molecule has 3 rings (SSSR count). The Balaban J connectivity index is 1.73. The van der Waals surface area contributed by atoms with E-state index in [9.17, 15) is 13.2 Å². The molecule has 0 spiro atoms. The van der Waals surface area contributed by atoms with Crippen LogP contribution in [-0.2, 0) is 16.4 Å². The van der Waals surface area contributed by atoms with Crippen molar-refractivity contribution in [2.24, 2.45) is 0 Å². The lowest BCUT2D eigenvalue weighted by molar-refractivity contribution is 0.229. The molecule has 2 aliphatic heterocycles. The second-order valence-electron chi connectivity index (χ2n) is 5.74. The van der Waals surface area contributed by atoms with Gasteiger partial charge in [0.25, 0.3) is 0 Å². The molecule has 0 aliphatic carbocycles. The lowest BCUT2D eigenvalue weighted by Crippen LogP contribution is -2.48. The fourth-order valence-electron chi connectivity index (χ4n) is 3.03. The summed E-state index contributed by atoms with van der Waals surface area (Å²) in [5, 5.41) is 5.34. The highest BCUT2D eigenvalue weighted by molar-refractivity contribution is 7.89. The van der Waals surface area contributed by atoms with Gasteiger partial charge in [-0.1, -0.05) is 12.1 Å². The summed E-state index contributed by atoms with van der Waals surface area (Å²) in [7, 11) is -2.00. The number of nitrogens with one attached hydrogen (secondary N) is 2. The number of benzene rings is 1. The number of hydrogen-bond acceptors (Lipinski definition) is 4. The molecule has 0 atom stereocenters. The number of rotatable bonds is 3. The van der Waals surface area contributed by atoms with Crippen LogP contribution in [0.15, 0.2) is 23.1 Å². The van der Waals surface area contributed by atoms with Crippen molar-refractivity contribution in [2.45, 2.75) is 30.2 Å². The van der Waals surface area contributed by atoms with Crippen LogP contribution in [0, 0.1) is 0 Å². The normalized spacial score (nSPS) is 19.0. The topological polar surface area (TPSA) is 87.7 Å². The average molecular weight is 339 g/mol. The van der Waals surface area contributed by atoms with Crippen molar-refractivity contribution in [3.05, 3.63) is 23.8 Å². The van der Waals surface area contributed by atoms with Crippen LogP contribution < -0.4 is 15.4 Å². The number of carbonyl (C=O) groups excluding carboxylic acids is 1. The standard InChI is InChI=1S/C15H21N3O4S/c1-16-15(19)17-12-5-8-18(9-6-12)23(20,21)13-4-2-3-11-7-10-22-14(11)13/h2-4,12H,5-10H2,1H3,(H2,16,17,19). The Hall–Kier alpha value is -1.80. The third-order valence-corrected chi connectivity index (χ3v) is 6.23. The van der Waals surface area contributed by atoms with Crippen molar-refractivity contribution < 1.29 is 17.9 Å². The number of urea groups is 1. The number of fused-ring (bicyclic) bond motifs is 1. The van der Waals surface area contributed by atoms with Gasteiger partial charge in [-0.2, -0.15) is 4.31 Å². The van der Waals surface area contributed by atoms with Crippen molar-refractivity contribution in [1.29, 1.82) is 0 Å². The smallest absolute Gasteiger partial charge is 0.314 e. The molecule has 23 heavy (non-hydrogen) atoms. The van der Waals surface area contributed by atoms with Crippen LogP contribution in [-0.4, -0.2) is 51.5 Å². The number of sulfonamides is 1. The van der Waals surface area contributed by atoms with Gasteiger partial charge in [-0.05, 0) is 24.5 Å². The summed E-state index contributed by atoms with van der Waals surface area (Å²) in [6.45, 7) is 1.31. The SMILES string of the molecule is CNC(=O)NC1CCN(S(=O)(=O)c2cccc3c2OCC3)CC1. The highest BCUT2D eigenvalue weighted by Gasteiger charge is 2.33. The Morgan fingerprint density at radius 2 is 2.04 bits per heavy atom. The fourth-order valence-corrected chi connectivity index (χ4v) is 4.67. The quantitative estimate of drug-likeness (QED) is 0.849. The predicted octanol–water partition coefficient (Wildman–Crippen LogP) is 0.704. The minimum atomic E-state index is -3.56. The largest absolute Gasteiger partial charge is 0.492 e. The first kappa shape index (κ1) is 16.1.